The number of allylic oxidation sites excluding steroid dienone is 1. The minimum absolute atomic E-state index is 0.0549. The fraction of sp³-hybridized carbons (Fsp3) is 0.562. The van der Waals surface area contributed by atoms with E-state index in [9.17, 15) is 19.5 Å². The third kappa shape index (κ3) is 5.30. The number of aliphatic carboxylic acids is 1. The van der Waals surface area contributed by atoms with Crippen LogP contribution >= 0.6 is 0 Å². The zero-order valence-electron chi connectivity index (χ0n) is 13.8. The second kappa shape index (κ2) is 8.63. The zero-order valence-corrected chi connectivity index (χ0v) is 13.8. The van der Waals surface area contributed by atoms with Gasteiger partial charge in [-0.2, -0.15) is 0 Å². The number of carboxylic acids is 1. The number of carboxylic acid groups (broad SMARTS) is 1. The average molecular weight is 355 g/mol. The Morgan fingerprint density at radius 3 is 2.84 bits per heavy atom. The maximum absolute atomic E-state index is 11.6. The van der Waals surface area contributed by atoms with Gasteiger partial charge in [-0.05, 0) is 12.8 Å². The fourth-order valence-corrected chi connectivity index (χ4v) is 2.52. The van der Waals surface area contributed by atoms with Crippen LogP contribution in [0.3, 0.4) is 0 Å². The third-order valence-electron chi connectivity index (χ3n) is 3.88. The highest BCUT2D eigenvalue weighted by molar-refractivity contribution is 5.87. The Kier molecular flexibility index (Phi) is 6.54. The number of carbonyl (C=O) groups is 3. The largest absolute Gasteiger partial charge is 0.478 e. The van der Waals surface area contributed by atoms with Crippen LogP contribution in [0.1, 0.15) is 25.7 Å². The van der Waals surface area contributed by atoms with Crippen LogP contribution in [0.5, 0.6) is 0 Å². The molecule has 9 heteroatoms. The lowest BCUT2D eigenvalue weighted by Gasteiger charge is -2.26. The van der Waals surface area contributed by atoms with E-state index in [-0.39, 0.29) is 24.5 Å². The van der Waals surface area contributed by atoms with Crippen molar-refractivity contribution >= 4 is 17.9 Å². The van der Waals surface area contributed by atoms with E-state index < -0.39 is 30.4 Å². The lowest BCUT2D eigenvalue weighted by atomic mass is 10.1. The molecular weight excluding hydrogens is 334 g/mol. The summed E-state index contributed by atoms with van der Waals surface area (Å²) < 4.78 is 15.1. The van der Waals surface area contributed by atoms with E-state index in [4.69, 9.17) is 14.6 Å². The van der Waals surface area contributed by atoms with Gasteiger partial charge in [-0.25, -0.2) is 9.59 Å². The smallest absolute Gasteiger partial charge is 0.335 e. The molecular formula is C16H21NO8. The number of methoxy groups -OCH3 is 1. The third-order valence-corrected chi connectivity index (χ3v) is 3.88. The molecule has 0 spiro atoms. The SMILES string of the molecule is COC(=O)CC(O)C(=O)OCC1CCC(N2C=CCC(C(=O)O)=C2)O1. The summed E-state index contributed by atoms with van der Waals surface area (Å²) in [6, 6.07) is 0. The first kappa shape index (κ1) is 18.9. The number of rotatable bonds is 7. The normalized spacial score (nSPS) is 23.8. The number of aliphatic hydroxyl groups is 1. The maximum atomic E-state index is 11.6. The molecule has 2 N–H and O–H groups in total. The van der Waals surface area contributed by atoms with Crippen LogP contribution in [0.15, 0.2) is 24.0 Å². The van der Waals surface area contributed by atoms with Gasteiger partial charge in [-0.3, -0.25) is 4.79 Å². The maximum Gasteiger partial charge on any atom is 0.335 e. The van der Waals surface area contributed by atoms with Crippen LogP contribution in [0.2, 0.25) is 0 Å². The number of nitrogens with zero attached hydrogens (tertiary/aromatic N) is 1. The molecule has 2 aliphatic heterocycles. The van der Waals surface area contributed by atoms with Crippen molar-refractivity contribution < 1.29 is 38.8 Å². The van der Waals surface area contributed by atoms with Gasteiger partial charge in [0.25, 0.3) is 0 Å². The molecule has 25 heavy (non-hydrogen) atoms. The number of hydrogen-bond acceptors (Lipinski definition) is 8. The number of aliphatic hydroxyl groups excluding tert-OH is 1. The summed E-state index contributed by atoms with van der Waals surface area (Å²) in [5, 5.41) is 18.6. The number of carbonyl (C=O) groups excluding carboxylic acids is 2. The Morgan fingerprint density at radius 1 is 1.40 bits per heavy atom. The molecule has 3 unspecified atom stereocenters. The highest BCUT2D eigenvalue weighted by Crippen LogP contribution is 2.26. The molecule has 9 nitrogen and oxygen atoms in total. The molecule has 0 saturated carbocycles. The van der Waals surface area contributed by atoms with E-state index in [0.29, 0.717) is 19.3 Å². The minimum atomic E-state index is -1.57. The van der Waals surface area contributed by atoms with Gasteiger partial charge in [0.05, 0.1) is 25.2 Å². The van der Waals surface area contributed by atoms with E-state index in [1.807, 2.05) is 0 Å². The second-order valence-corrected chi connectivity index (χ2v) is 5.71. The summed E-state index contributed by atoms with van der Waals surface area (Å²) in [7, 11) is 1.16. The predicted octanol–water partition coefficient (Wildman–Crippen LogP) is 0.147. The molecule has 0 aromatic carbocycles. The monoisotopic (exact) mass is 355 g/mol. The summed E-state index contributed by atoms with van der Waals surface area (Å²) in [5.41, 5.74) is 0.270. The van der Waals surface area contributed by atoms with Crippen LogP contribution < -0.4 is 0 Å². The van der Waals surface area contributed by atoms with Crippen LogP contribution in [0.25, 0.3) is 0 Å². The van der Waals surface area contributed by atoms with Crippen molar-refractivity contribution in [2.75, 3.05) is 13.7 Å². The molecule has 0 amide bonds. The van der Waals surface area contributed by atoms with Gasteiger partial charge in [0.15, 0.2) is 6.10 Å². The van der Waals surface area contributed by atoms with Crippen molar-refractivity contribution in [2.24, 2.45) is 0 Å². The fourth-order valence-electron chi connectivity index (χ4n) is 2.52. The first-order chi connectivity index (χ1) is 11.9. The van der Waals surface area contributed by atoms with E-state index in [0.717, 1.165) is 7.11 Å². The Labute approximate surface area is 144 Å². The molecule has 138 valence electrons. The molecule has 2 rings (SSSR count). The number of ether oxygens (including phenoxy) is 3. The van der Waals surface area contributed by atoms with Gasteiger partial charge in [0, 0.05) is 18.8 Å². The summed E-state index contributed by atoms with van der Waals surface area (Å²) >= 11 is 0. The minimum Gasteiger partial charge on any atom is -0.478 e. The lowest BCUT2D eigenvalue weighted by Crippen LogP contribution is -2.31. The number of hydrogen-bond donors (Lipinski definition) is 2. The van der Waals surface area contributed by atoms with Gasteiger partial charge in [-0.1, -0.05) is 6.08 Å². The van der Waals surface area contributed by atoms with Gasteiger partial charge < -0.3 is 29.3 Å². The van der Waals surface area contributed by atoms with Crippen molar-refractivity contribution in [3.8, 4) is 0 Å². The van der Waals surface area contributed by atoms with Gasteiger partial charge in [0.2, 0.25) is 0 Å². The molecule has 0 aromatic heterocycles. The summed E-state index contributed by atoms with van der Waals surface area (Å²) in [6.45, 7) is -0.0549. The van der Waals surface area contributed by atoms with Crippen molar-refractivity contribution in [3.63, 3.8) is 0 Å². The molecule has 0 bridgehead atoms. The second-order valence-electron chi connectivity index (χ2n) is 5.71. The molecule has 1 fully saturated rings. The van der Waals surface area contributed by atoms with E-state index in [1.165, 1.54) is 6.20 Å². The van der Waals surface area contributed by atoms with Crippen LogP contribution in [0, 0.1) is 0 Å². The van der Waals surface area contributed by atoms with Crippen molar-refractivity contribution in [1.82, 2.24) is 4.90 Å². The predicted molar refractivity (Wildman–Crippen MR) is 82.8 cm³/mol. The molecule has 0 radical (unpaired) electrons. The van der Waals surface area contributed by atoms with Crippen LogP contribution in [-0.4, -0.2) is 65.2 Å². The van der Waals surface area contributed by atoms with E-state index in [1.54, 1.807) is 17.2 Å². The van der Waals surface area contributed by atoms with E-state index >= 15 is 0 Å². The van der Waals surface area contributed by atoms with Crippen molar-refractivity contribution in [3.05, 3.63) is 24.0 Å². The summed E-state index contributed by atoms with van der Waals surface area (Å²) in [6.07, 6.45) is 3.90. The zero-order chi connectivity index (χ0) is 18.4. The topological polar surface area (TPSA) is 123 Å². The van der Waals surface area contributed by atoms with Gasteiger partial charge >= 0.3 is 17.9 Å². The van der Waals surface area contributed by atoms with E-state index in [2.05, 4.69) is 4.74 Å². The quantitative estimate of drug-likeness (QED) is 0.614. The summed E-state index contributed by atoms with van der Waals surface area (Å²) in [5.74, 6) is -2.60. The molecule has 3 atom stereocenters. The Balaban J connectivity index is 1.78. The number of esters is 2. The Morgan fingerprint density at radius 2 is 2.16 bits per heavy atom. The van der Waals surface area contributed by atoms with Crippen LogP contribution in [-0.2, 0) is 28.6 Å². The molecule has 0 aromatic rings. The van der Waals surface area contributed by atoms with Crippen molar-refractivity contribution in [1.29, 1.82) is 0 Å². The Bertz CT molecular complexity index is 585. The first-order valence-electron chi connectivity index (χ1n) is 7.85. The Hall–Kier alpha value is -2.39. The van der Waals surface area contributed by atoms with Gasteiger partial charge in [-0.15, -0.1) is 0 Å². The highest BCUT2D eigenvalue weighted by Gasteiger charge is 2.31. The van der Waals surface area contributed by atoms with Gasteiger partial charge in [0.1, 0.15) is 12.8 Å². The molecule has 2 heterocycles. The molecule has 1 saturated heterocycles. The lowest BCUT2D eigenvalue weighted by molar-refractivity contribution is -0.162. The van der Waals surface area contributed by atoms with Crippen LogP contribution in [0.4, 0.5) is 0 Å². The average Bonchev–Trinajstić information content (AvgIpc) is 3.08. The standard InChI is InChI=1S/C16H21NO8/c1-23-14(19)7-12(18)16(22)24-9-11-4-5-13(25-11)17-6-2-3-10(8-17)15(20)21/h2,6,8,11-13,18H,3-5,7,9H2,1H3,(H,20,21). The summed E-state index contributed by atoms with van der Waals surface area (Å²) in [4.78, 5) is 35.3. The molecule has 0 aliphatic carbocycles. The molecule has 2 aliphatic rings. The highest BCUT2D eigenvalue weighted by atomic mass is 16.6. The van der Waals surface area contributed by atoms with Crippen molar-refractivity contribution in [2.45, 2.75) is 44.1 Å². The first-order valence-corrected chi connectivity index (χ1v) is 7.85.